The van der Waals surface area contributed by atoms with Crippen LogP contribution in [0.1, 0.15) is 10.6 Å². The second-order valence-electron chi connectivity index (χ2n) is 5.16. The molecular weight excluding hydrogens is 292 g/mol. The molecule has 4 heteroatoms. The minimum atomic E-state index is 0.616. The molecule has 3 nitrogen and oxygen atoms in total. The highest BCUT2D eigenvalue weighted by Gasteiger charge is 2.05. The van der Waals surface area contributed by atoms with Crippen LogP contribution in [0.15, 0.2) is 53.9 Å². The van der Waals surface area contributed by atoms with Crippen LogP contribution in [0.3, 0.4) is 0 Å². The summed E-state index contributed by atoms with van der Waals surface area (Å²) in [5, 5.41) is 3.19. The number of nitrogens with zero attached hydrogens (tertiary/aromatic N) is 1. The van der Waals surface area contributed by atoms with Crippen molar-refractivity contribution in [3.05, 3.63) is 64.5 Å². The summed E-state index contributed by atoms with van der Waals surface area (Å²) < 4.78 is 5.71. The second kappa shape index (κ2) is 6.62. The van der Waals surface area contributed by atoms with Crippen molar-refractivity contribution in [3.63, 3.8) is 0 Å². The Hall–Kier alpha value is -2.33. The first-order valence-corrected chi connectivity index (χ1v) is 8.08. The quantitative estimate of drug-likeness (QED) is 0.714. The van der Waals surface area contributed by atoms with E-state index in [1.165, 1.54) is 5.56 Å². The van der Waals surface area contributed by atoms with Gasteiger partial charge in [0.15, 0.2) is 0 Å². The van der Waals surface area contributed by atoms with Crippen LogP contribution in [0, 0.1) is 6.92 Å². The van der Waals surface area contributed by atoms with E-state index >= 15 is 0 Å². The maximum atomic E-state index is 5.71. The van der Waals surface area contributed by atoms with Gasteiger partial charge in [0.05, 0.1) is 17.3 Å². The van der Waals surface area contributed by atoms with Crippen molar-refractivity contribution >= 4 is 17.0 Å². The first-order chi connectivity index (χ1) is 10.7. The highest BCUT2D eigenvalue weighted by atomic mass is 32.1. The molecule has 0 saturated carbocycles. The number of hydrogen-bond acceptors (Lipinski definition) is 4. The molecule has 22 heavy (non-hydrogen) atoms. The molecule has 0 fully saturated rings. The Labute approximate surface area is 134 Å². The van der Waals surface area contributed by atoms with Crippen LogP contribution in [0.5, 0.6) is 5.75 Å². The SMILES string of the molecule is Cc1ccc(-c2csc(CCOc3ccc(N)cc3)n2)cc1. The summed E-state index contributed by atoms with van der Waals surface area (Å²) in [6, 6.07) is 15.9. The molecule has 0 bridgehead atoms. The maximum Gasteiger partial charge on any atom is 0.119 e. The molecule has 2 N–H and O–H groups in total. The van der Waals surface area contributed by atoms with Gasteiger partial charge in [-0.05, 0) is 31.2 Å². The Kier molecular flexibility index (Phi) is 4.39. The van der Waals surface area contributed by atoms with Crippen LogP contribution in [0.25, 0.3) is 11.3 Å². The van der Waals surface area contributed by atoms with Gasteiger partial charge >= 0.3 is 0 Å². The molecule has 0 aliphatic rings. The van der Waals surface area contributed by atoms with E-state index in [9.17, 15) is 0 Å². The van der Waals surface area contributed by atoms with Gasteiger partial charge in [-0.25, -0.2) is 4.98 Å². The fourth-order valence-electron chi connectivity index (χ4n) is 2.10. The van der Waals surface area contributed by atoms with Crippen molar-refractivity contribution in [1.82, 2.24) is 4.98 Å². The van der Waals surface area contributed by atoms with E-state index in [1.54, 1.807) is 11.3 Å². The van der Waals surface area contributed by atoms with Gasteiger partial charge in [0.2, 0.25) is 0 Å². The van der Waals surface area contributed by atoms with Crippen LogP contribution >= 0.6 is 11.3 Å². The van der Waals surface area contributed by atoms with Gasteiger partial charge in [-0.2, -0.15) is 0 Å². The predicted molar refractivity (Wildman–Crippen MR) is 92.3 cm³/mol. The number of benzene rings is 2. The maximum absolute atomic E-state index is 5.71. The van der Waals surface area contributed by atoms with Crippen LogP contribution in [-0.4, -0.2) is 11.6 Å². The van der Waals surface area contributed by atoms with E-state index in [2.05, 4.69) is 41.6 Å². The number of rotatable bonds is 5. The summed E-state index contributed by atoms with van der Waals surface area (Å²) >= 11 is 1.68. The molecule has 1 aromatic heterocycles. The van der Waals surface area contributed by atoms with Crippen molar-refractivity contribution in [3.8, 4) is 17.0 Å². The zero-order valence-electron chi connectivity index (χ0n) is 12.5. The van der Waals surface area contributed by atoms with Gasteiger partial charge < -0.3 is 10.5 Å². The Balaban J connectivity index is 1.57. The number of anilines is 1. The lowest BCUT2D eigenvalue weighted by atomic mass is 10.1. The molecule has 0 aliphatic carbocycles. The molecule has 0 atom stereocenters. The molecular formula is C18H18N2OS. The summed E-state index contributed by atoms with van der Waals surface area (Å²) in [5.74, 6) is 0.838. The fraction of sp³-hybridized carbons (Fsp3) is 0.167. The lowest BCUT2D eigenvalue weighted by molar-refractivity contribution is 0.322. The van der Waals surface area contributed by atoms with E-state index in [0.717, 1.165) is 34.1 Å². The van der Waals surface area contributed by atoms with Crippen LogP contribution < -0.4 is 10.5 Å². The molecule has 3 rings (SSSR count). The van der Waals surface area contributed by atoms with E-state index in [-0.39, 0.29) is 0 Å². The number of thiazole rings is 1. The summed E-state index contributed by atoms with van der Waals surface area (Å²) in [5.41, 5.74) is 9.85. The summed E-state index contributed by atoms with van der Waals surface area (Å²) in [4.78, 5) is 4.67. The average Bonchev–Trinajstić information content (AvgIpc) is 2.99. The van der Waals surface area contributed by atoms with Crippen LogP contribution in [-0.2, 0) is 6.42 Å². The monoisotopic (exact) mass is 310 g/mol. The number of nitrogen functional groups attached to an aromatic ring is 1. The molecule has 2 aromatic carbocycles. The third kappa shape index (κ3) is 3.65. The van der Waals surface area contributed by atoms with Crippen molar-refractivity contribution in [2.24, 2.45) is 0 Å². The van der Waals surface area contributed by atoms with Gasteiger partial charge in [0.25, 0.3) is 0 Å². The molecule has 0 amide bonds. The minimum Gasteiger partial charge on any atom is -0.493 e. The third-order valence-electron chi connectivity index (χ3n) is 3.36. The van der Waals surface area contributed by atoms with Crippen molar-refractivity contribution in [2.45, 2.75) is 13.3 Å². The molecule has 0 saturated heterocycles. The standard InChI is InChI=1S/C18H18N2OS/c1-13-2-4-14(5-3-13)17-12-22-18(20-17)10-11-21-16-8-6-15(19)7-9-16/h2-9,12H,10-11,19H2,1H3. The molecule has 0 radical (unpaired) electrons. The summed E-state index contributed by atoms with van der Waals surface area (Å²) in [6.45, 7) is 2.70. The Morgan fingerprint density at radius 1 is 1.05 bits per heavy atom. The normalized spacial score (nSPS) is 10.6. The highest BCUT2D eigenvalue weighted by Crippen LogP contribution is 2.22. The third-order valence-corrected chi connectivity index (χ3v) is 4.27. The van der Waals surface area contributed by atoms with Crippen molar-refractivity contribution in [2.75, 3.05) is 12.3 Å². The van der Waals surface area contributed by atoms with Gasteiger partial charge in [-0.3, -0.25) is 0 Å². The first kappa shape index (κ1) is 14.6. The van der Waals surface area contributed by atoms with Crippen molar-refractivity contribution < 1.29 is 4.74 Å². The molecule has 112 valence electrons. The number of aryl methyl sites for hydroxylation is 1. The second-order valence-corrected chi connectivity index (χ2v) is 6.10. The number of ether oxygens (including phenoxy) is 1. The predicted octanol–water partition coefficient (Wildman–Crippen LogP) is 4.32. The average molecular weight is 310 g/mol. The molecule has 0 aliphatic heterocycles. The zero-order valence-corrected chi connectivity index (χ0v) is 13.3. The fourth-order valence-corrected chi connectivity index (χ4v) is 2.89. The number of hydrogen-bond donors (Lipinski definition) is 1. The van der Waals surface area contributed by atoms with E-state index in [4.69, 9.17) is 10.5 Å². The Morgan fingerprint density at radius 2 is 1.77 bits per heavy atom. The van der Waals surface area contributed by atoms with Gasteiger partial charge in [0, 0.05) is 23.1 Å². The van der Waals surface area contributed by atoms with Gasteiger partial charge in [-0.15, -0.1) is 11.3 Å². The largest absolute Gasteiger partial charge is 0.493 e. The molecule has 1 heterocycles. The molecule has 3 aromatic rings. The molecule has 0 unspecified atom stereocenters. The lowest BCUT2D eigenvalue weighted by Crippen LogP contribution is -2.01. The number of aromatic nitrogens is 1. The zero-order chi connectivity index (χ0) is 15.4. The van der Waals surface area contributed by atoms with Crippen LogP contribution in [0.4, 0.5) is 5.69 Å². The number of nitrogens with two attached hydrogens (primary N) is 1. The van der Waals surface area contributed by atoms with Crippen LogP contribution in [0.2, 0.25) is 0 Å². The minimum absolute atomic E-state index is 0.616. The topological polar surface area (TPSA) is 48.1 Å². The van der Waals surface area contributed by atoms with E-state index < -0.39 is 0 Å². The van der Waals surface area contributed by atoms with E-state index in [1.807, 2.05) is 24.3 Å². The first-order valence-electron chi connectivity index (χ1n) is 7.20. The smallest absolute Gasteiger partial charge is 0.119 e. The Bertz CT molecular complexity index is 733. The van der Waals surface area contributed by atoms with Gasteiger partial charge in [0.1, 0.15) is 5.75 Å². The lowest BCUT2D eigenvalue weighted by Gasteiger charge is -2.04. The highest BCUT2D eigenvalue weighted by molar-refractivity contribution is 7.09. The van der Waals surface area contributed by atoms with Crippen molar-refractivity contribution in [1.29, 1.82) is 0 Å². The van der Waals surface area contributed by atoms with E-state index in [0.29, 0.717) is 6.61 Å². The van der Waals surface area contributed by atoms with Gasteiger partial charge in [-0.1, -0.05) is 29.8 Å². The Morgan fingerprint density at radius 3 is 2.50 bits per heavy atom. The molecule has 0 spiro atoms. The summed E-state index contributed by atoms with van der Waals surface area (Å²) in [6.07, 6.45) is 0.806. The summed E-state index contributed by atoms with van der Waals surface area (Å²) in [7, 11) is 0.